The maximum atomic E-state index is 7.04. The number of hydrogen-bond acceptors (Lipinski definition) is 6. The molecular weight excluding hydrogens is 631 g/mol. The van der Waals surface area contributed by atoms with Crippen LogP contribution in [0.15, 0.2) is 165 Å². The summed E-state index contributed by atoms with van der Waals surface area (Å²) < 4.78 is 19.8. The van der Waals surface area contributed by atoms with E-state index in [4.69, 9.17) is 19.0 Å². The van der Waals surface area contributed by atoms with Crippen LogP contribution in [-0.4, -0.2) is 0 Å². The van der Waals surface area contributed by atoms with Crippen LogP contribution in [0.2, 0.25) is 0 Å². The van der Waals surface area contributed by atoms with Gasteiger partial charge in [-0.15, -0.1) is 0 Å². The summed E-state index contributed by atoms with van der Waals surface area (Å²) in [5.41, 5.74) is 17.0. The minimum absolute atomic E-state index is 0.369. The Morgan fingerprint density at radius 1 is 0.431 bits per heavy atom. The highest BCUT2D eigenvalue weighted by Crippen LogP contribution is 2.42. The molecule has 0 amide bonds. The Morgan fingerprint density at radius 3 is 1.59 bits per heavy atom. The Labute approximate surface area is 293 Å². The zero-order valence-corrected chi connectivity index (χ0v) is 27.6. The smallest absolute Gasteiger partial charge is 0.143 e. The molecule has 246 valence electrons. The van der Waals surface area contributed by atoms with Crippen molar-refractivity contribution in [3.63, 3.8) is 0 Å². The van der Waals surface area contributed by atoms with Gasteiger partial charge in [0.2, 0.25) is 0 Å². The lowest BCUT2D eigenvalue weighted by molar-refractivity contribution is 0.384. The van der Waals surface area contributed by atoms with Crippen LogP contribution in [0.25, 0.3) is 76.9 Å². The van der Waals surface area contributed by atoms with Crippen molar-refractivity contribution in [1.82, 2.24) is 10.6 Å². The lowest BCUT2D eigenvalue weighted by atomic mass is 9.99. The average molecular weight is 664 g/mol. The van der Waals surface area contributed by atoms with Crippen molar-refractivity contribution in [1.29, 1.82) is 0 Å². The Bertz CT molecular complexity index is 2880. The van der Waals surface area contributed by atoms with Crippen LogP contribution in [-0.2, 0) is 6.54 Å². The fourth-order valence-electron chi connectivity index (χ4n) is 7.60. The zero-order chi connectivity index (χ0) is 33.9. The molecule has 0 aliphatic rings. The molecule has 0 fully saturated rings. The summed E-state index contributed by atoms with van der Waals surface area (Å²) in [5.74, 6) is 0. The van der Waals surface area contributed by atoms with Gasteiger partial charge in [0.25, 0.3) is 0 Å². The number of benzene rings is 7. The molecule has 51 heavy (non-hydrogen) atoms. The molecule has 3 heterocycles. The largest absolute Gasteiger partial charge is 0.456 e. The number of para-hydroxylation sites is 6. The van der Waals surface area contributed by atoms with Gasteiger partial charge in [-0.1, -0.05) is 140 Å². The number of fused-ring (bicyclic) bond motifs is 9. The zero-order valence-electron chi connectivity index (χ0n) is 27.6. The molecule has 0 spiro atoms. The summed E-state index contributed by atoms with van der Waals surface area (Å²) in [6.07, 6.45) is -0.922. The maximum Gasteiger partial charge on any atom is 0.143 e. The molecule has 0 radical (unpaired) electrons. The third-order valence-electron chi connectivity index (χ3n) is 10.0. The normalized spacial score (nSPS) is 13.3. The molecule has 0 aliphatic heterocycles. The summed E-state index contributed by atoms with van der Waals surface area (Å²) in [4.78, 5) is 0. The molecule has 3 aromatic heterocycles. The molecule has 0 saturated heterocycles. The van der Waals surface area contributed by atoms with Gasteiger partial charge >= 0.3 is 0 Å². The Balaban J connectivity index is 1.10. The Kier molecular flexibility index (Phi) is 6.99. The molecule has 7 aromatic carbocycles. The SMILES string of the molecule is NC(NC(NCc1ccccc1)c1cccc2c1oc1c(-c3cccc4c3oc3ccccc34)cccc12)c1cccc2c1oc1ccccc12. The topological polar surface area (TPSA) is 89.5 Å². The number of hydrogen-bond donors (Lipinski definition) is 3. The summed E-state index contributed by atoms with van der Waals surface area (Å²) in [6.45, 7) is 0.621. The predicted octanol–water partition coefficient (Wildman–Crippen LogP) is 11.1. The van der Waals surface area contributed by atoms with E-state index in [2.05, 4.69) is 108 Å². The molecule has 2 unspecified atom stereocenters. The van der Waals surface area contributed by atoms with Crippen molar-refractivity contribution in [3.8, 4) is 11.1 Å². The lowest BCUT2D eigenvalue weighted by Crippen LogP contribution is -2.40. The van der Waals surface area contributed by atoms with E-state index in [1.165, 1.54) is 0 Å². The van der Waals surface area contributed by atoms with Crippen molar-refractivity contribution in [2.24, 2.45) is 5.73 Å². The first-order valence-electron chi connectivity index (χ1n) is 17.3. The van der Waals surface area contributed by atoms with E-state index < -0.39 is 6.17 Å². The molecule has 10 aromatic rings. The van der Waals surface area contributed by atoms with Crippen LogP contribution < -0.4 is 16.4 Å². The summed E-state index contributed by atoms with van der Waals surface area (Å²) in [5, 5.41) is 13.8. The first kappa shape index (κ1) is 29.7. The molecule has 0 saturated carbocycles. The Morgan fingerprint density at radius 2 is 0.902 bits per heavy atom. The van der Waals surface area contributed by atoms with Crippen LogP contribution in [0, 0.1) is 0 Å². The third-order valence-corrected chi connectivity index (χ3v) is 10.0. The standard InChI is InChI=1S/C45H33N3O3/c46-44(36-22-10-17-31-29-15-5-7-25-39(29)50-42(31)36)48-45(47-26-27-12-2-1-3-13-27)37-23-11-21-35-34-20-9-19-33(41(34)51-43(35)37)32-18-8-16-30-28-14-4-6-24-38(28)49-40(30)32/h1-25,44-45,47-48H,26,46H2. The average Bonchev–Trinajstić information content (AvgIpc) is 3.88. The molecule has 0 aliphatic carbocycles. The van der Waals surface area contributed by atoms with E-state index in [-0.39, 0.29) is 6.17 Å². The van der Waals surface area contributed by atoms with Crippen molar-refractivity contribution >= 4 is 65.8 Å². The van der Waals surface area contributed by atoms with Gasteiger partial charge in [0, 0.05) is 61.1 Å². The molecular formula is C45H33N3O3. The highest BCUT2D eigenvalue weighted by atomic mass is 16.3. The molecule has 6 nitrogen and oxygen atoms in total. The Hall–Kier alpha value is -6.18. The predicted molar refractivity (Wildman–Crippen MR) is 206 cm³/mol. The first-order valence-corrected chi connectivity index (χ1v) is 17.3. The van der Waals surface area contributed by atoms with Crippen LogP contribution in [0.5, 0.6) is 0 Å². The van der Waals surface area contributed by atoms with Gasteiger partial charge in [-0.2, -0.15) is 0 Å². The van der Waals surface area contributed by atoms with Gasteiger partial charge in [0.15, 0.2) is 0 Å². The first-order chi connectivity index (χ1) is 25.2. The lowest BCUT2D eigenvalue weighted by Gasteiger charge is -2.25. The summed E-state index contributed by atoms with van der Waals surface area (Å²) in [7, 11) is 0. The van der Waals surface area contributed by atoms with E-state index in [0.717, 1.165) is 93.6 Å². The summed E-state index contributed by atoms with van der Waals surface area (Å²) in [6, 6.07) is 51.7. The van der Waals surface area contributed by atoms with Gasteiger partial charge in [0.05, 0.1) is 12.3 Å². The van der Waals surface area contributed by atoms with Crippen molar-refractivity contribution < 1.29 is 13.3 Å². The van der Waals surface area contributed by atoms with Crippen molar-refractivity contribution in [2.75, 3.05) is 0 Å². The highest BCUT2D eigenvalue weighted by molar-refractivity contribution is 6.15. The second kappa shape index (κ2) is 12.0. The van der Waals surface area contributed by atoms with Crippen LogP contribution >= 0.6 is 0 Å². The van der Waals surface area contributed by atoms with E-state index in [0.29, 0.717) is 6.54 Å². The molecule has 4 N–H and O–H groups in total. The quantitative estimate of drug-likeness (QED) is 0.140. The van der Waals surface area contributed by atoms with E-state index in [1.54, 1.807) is 0 Å². The minimum Gasteiger partial charge on any atom is -0.456 e. The van der Waals surface area contributed by atoms with Gasteiger partial charge < -0.3 is 19.0 Å². The van der Waals surface area contributed by atoms with Gasteiger partial charge in [-0.05, 0) is 17.7 Å². The molecule has 0 bridgehead atoms. The monoisotopic (exact) mass is 663 g/mol. The van der Waals surface area contributed by atoms with Gasteiger partial charge in [-0.25, -0.2) is 0 Å². The van der Waals surface area contributed by atoms with Crippen LogP contribution in [0.1, 0.15) is 29.0 Å². The summed E-state index contributed by atoms with van der Waals surface area (Å²) >= 11 is 0. The second-order valence-corrected chi connectivity index (χ2v) is 13.1. The third kappa shape index (κ3) is 4.92. The van der Waals surface area contributed by atoms with Crippen LogP contribution in [0.4, 0.5) is 0 Å². The number of furan rings is 3. The highest BCUT2D eigenvalue weighted by Gasteiger charge is 2.24. The fourth-order valence-corrected chi connectivity index (χ4v) is 7.60. The van der Waals surface area contributed by atoms with Gasteiger partial charge in [-0.3, -0.25) is 10.6 Å². The fraction of sp³-hybridized carbons (Fsp3) is 0.0667. The van der Waals surface area contributed by atoms with Crippen molar-refractivity contribution in [2.45, 2.75) is 18.9 Å². The number of nitrogens with one attached hydrogen (secondary N) is 2. The van der Waals surface area contributed by atoms with Gasteiger partial charge in [0.1, 0.15) is 33.5 Å². The molecule has 10 rings (SSSR count). The molecule has 6 heteroatoms. The van der Waals surface area contributed by atoms with E-state index in [1.807, 2.05) is 54.6 Å². The van der Waals surface area contributed by atoms with E-state index >= 15 is 0 Å². The minimum atomic E-state index is -0.552. The maximum absolute atomic E-state index is 7.04. The van der Waals surface area contributed by atoms with Crippen LogP contribution in [0.3, 0.4) is 0 Å². The number of rotatable bonds is 8. The van der Waals surface area contributed by atoms with Crippen molar-refractivity contribution in [3.05, 3.63) is 168 Å². The second-order valence-electron chi connectivity index (χ2n) is 13.1. The van der Waals surface area contributed by atoms with E-state index in [9.17, 15) is 0 Å². The molecule has 2 atom stereocenters. The number of nitrogens with two attached hydrogens (primary N) is 1.